The van der Waals surface area contributed by atoms with Crippen LogP contribution in [0.1, 0.15) is 167 Å². The van der Waals surface area contributed by atoms with Crippen LogP contribution >= 0.6 is 23.5 Å². The first-order valence-electron chi connectivity index (χ1n) is 22.0. The smallest absolute Gasteiger partial charge is 0.462 e. The molecule has 0 amide bonds. The largest absolute Gasteiger partial charge is 0.472 e. The van der Waals surface area contributed by atoms with E-state index in [9.17, 15) is 63.1 Å². The first kappa shape index (κ1) is 58.1. The summed E-state index contributed by atoms with van der Waals surface area (Å²) in [5.74, 6) is -1.32. The van der Waals surface area contributed by atoms with E-state index in [2.05, 4.69) is 16.0 Å². The second-order valence-corrected chi connectivity index (χ2v) is 19.6. The molecule has 8 atom stereocenters. The van der Waals surface area contributed by atoms with Gasteiger partial charge in [-0.05, 0) is 25.8 Å². The van der Waals surface area contributed by atoms with E-state index in [0.717, 1.165) is 83.5 Å². The summed E-state index contributed by atoms with van der Waals surface area (Å²) in [4.78, 5) is 73.0. The highest BCUT2D eigenvalue weighted by Crippen LogP contribution is 2.51. The molecule has 0 bridgehead atoms. The number of rotatable bonds is 38. The van der Waals surface area contributed by atoms with Crippen molar-refractivity contribution in [3.63, 3.8) is 0 Å². The second kappa shape index (κ2) is 32.7. The number of esters is 2. The van der Waals surface area contributed by atoms with Gasteiger partial charge >= 0.3 is 35.4 Å². The molecule has 20 nitrogen and oxygen atoms in total. The Kier molecular flexibility index (Phi) is 31.2. The molecule has 0 aromatic heterocycles. The van der Waals surface area contributed by atoms with Crippen molar-refractivity contribution in [1.29, 1.82) is 0 Å². The number of hydrogen-bond donors (Lipinski definition) is 9. The van der Waals surface area contributed by atoms with Gasteiger partial charge in [-0.15, -0.1) is 0 Å². The number of phosphoric ester groups is 3. The maximum atomic E-state index is 13.1. The van der Waals surface area contributed by atoms with Crippen LogP contribution < -0.4 is 5.73 Å². The molecule has 0 saturated heterocycles. The molecule has 4 unspecified atom stereocenters. The number of ether oxygens (including phenoxy) is 2. The molecule has 61 heavy (non-hydrogen) atoms. The van der Waals surface area contributed by atoms with Crippen LogP contribution in [0.15, 0.2) is 0 Å². The van der Waals surface area contributed by atoms with E-state index >= 15 is 0 Å². The number of nitrogens with two attached hydrogens (primary N) is 1. The summed E-state index contributed by atoms with van der Waals surface area (Å²) in [6.07, 6.45) is 8.02. The van der Waals surface area contributed by atoms with Crippen molar-refractivity contribution in [2.24, 2.45) is 5.73 Å². The third kappa shape index (κ3) is 29.3. The highest BCUT2D eigenvalue weighted by atomic mass is 31.2. The van der Waals surface area contributed by atoms with Crippen LogP contribution in [0.2, 0.25) is 0 Å². The topological polar surface area (TPSA) is 329 Å². The van der Waals surface area contributed by atoms with Crippen LogP contribution in [0.4, 0.5) is 0 Å². The molecule has 1 aliphatic carbocycles. The van der Waals surface area contributed by atoms with E-state index in [4.69, 9.17) is 24.3 Å². The summed E-state index contributed by atoms with van der Waals surface area (Å²) >= 11 is 0. The summed E-state index contributed by atoms with van der Waals surface area (Å²) in [5, 5.41) is 31.8. The van der Waals surface area contributed by atoms with Gasteiger partial charge in [0.2, 0.25) is 0 Å². The highest BCUT2D eigenvalue weighted by Gasteiger charge is 2.56. The lowest BCUT2D eigenvalue weighted by Gasteiger charge is -2.44. The second-order valence-electron chi connectivity index (χ2n) is 15.8. The zero-order chi connectivity index (χ0) is 45.7. The van der Waals surface area contributed by atoms with Gasteiger partial charge in [0.05, 0.1) is 6.61 Å². The molecule has 0 aromatic rings. The zero-order valence-electron chi connectivity index (χ0n) is 35.8. The third-order valence-electron chi connectivity index (χ3n) is 10.3. The van der Waals surface area contributed by atoms with Crippen molar-refractivity contribution in [3.05, 3.63) is 0 Å². The molecule has 1 fully saturated rings. The zero-order valence-corrected chi connectivity index (χ0v) is 38.5. The molecule has 1 aliphatic rings. The molecule has 0 aromatic carbocycles. The lowest BCUT2D eigenvalue weighted by Crippen LogP contribution is -2.65. The van der Waals surface area contributed by atoms with E-state index in [-0.39, 0.29) is 12.8 Å². The summed E-state index contributed by atoms with van der Waals surface area (Å²) in [7, 11) is -16.6. The van der Waals surface area contributed by atoms with Crippen LogP contribution in [-0.4, -0.2) is 114 Å². The number of hydrogen-bond acceptors (Lipinski definition) is 15. The Labute approximate surface area is 361 Å². The number of phosphoric acid groups is 3. The average Bonchev–Trinajstić information content (AvgIpc) is 3.18. The fraction of sp³-hybridized carbons (Fsp3) is 0.947. The van der Waals surface area contributed by atoms with E-state index in [1.807, 2.05) is 0 Å². The van der Waals surface area contributed by atoms with Crippen LogP contribution in [0.5, 0.6) is 0 Å². The summed E-state index contributed by atoms with van der Waals surface area (Å²) < 4.78 is 65.3. The molecule has 0 radical (unpaired) electrons. The molecule has 23 heteroatoms. The standard InChI is InChI=1S/C38H76NO19P3/c1-2-3-4-5-6-7-8-9-10-14-17-20-23-26-32(41)55-30(28-53-31(40)25-22-19-16-13-11-12-15-18-21-24-27-39)29-54-61(51,52)58-38-34(43)36(56-59(45,46)47)33(42)37(35(38)44)57-60(48,49)50/h30,33-38,42-44H,2-29,39H2,1H3,(H,51,52)(H2,45,46,47)(H2,48,49,50)/t30-,33?,34+,35?,36+,37-,38?/m1/s1. The molecule has 0 aliphatic heterocycles. The highest BCUT2D eigenvalue weighted by molar-refractivity contribution is 7.47. The van der Waals surface area contributed by atoms with Crippen LogP contribution in [0.25, 0.3) is 0 Å². The van der Waals surface area contributed by atoms with Gasteiger partial charge in [-0.25, -0.2) is 13.7 Å². The number of aliphatic hydroxyl groups is 3. The summed E-state index contributed by atoms with van der Waals surface area (Å²) in [6, 6.07) is 0. The van der Waals surface area contributed by atoms with Gasteiger partial charge in [0.25, 0.3) is 0 Å². The van der Waals surface area contributed by atoms with Crippen molar-refractivity contribution in [2.45, 2.75) is 210 Å². The number of carbonyl (C=O) groups excluding carboxylic acids is 2. The fourth-order valence-corrected chi connectivity index (χ4v) is 9.06. The Balaban J connectivity index is 2.79. The summed E-state index contributed by atoms with van der Waals surface area (Å²) in [6.45, 7) is 1.40. The van der Waals surface area contributed by atoms with Crippen molar-refractivity contribution >= 4 is 35.4 Å². The molecule has 0 spiro atoms. The predicted molar refractivity (Wildman–Crippen MR) is 223 cm³/mol. The van der Waals surface area contributed by atoms with Gasteiger partial charge in [0.15, 0.2) is 6.10 Å². The molecule has 0 heterocycles. The van der Waals surface area contributed by atoms with E-state index in [1.54, 1.807) is 0 Å². The Morgan fingerprint density at radius 2 is 0.852 bits per heavy atom. The third-order valence-corrected chi connectivity index (χ3v) is 12.3. The molecule has 1 saturated carbocycles. The van der Waals surface area contributed by atoms with Crippen molar-refractivity contribution < 1.29 is 90.6 Å². The Morgan fingerprint density at radius 3 is 1.23 bits per heavy atom. The van der Waals surface area contributed by atoms with Crippen LogP contribution in [0, 0.1) is 0 Å². The molecular weight excluding hydrogens is 867 g/mol. The number of aliphatic hydroxyl groups excluding tert-OH is 3. The number of unbranched alkanes of at least 4 members (excludes halogenated alkanes) is 21. The minimum Gasteiger partial charge on any atom is -0.462 e. The normalized spacial score (nSPS) is 22.5. The predicted octanol–water partition coefficient (Wildman–Crippen LogP) is 5.73. The van der Waals surface area contributed by atoms with Crippen LogP contribution in [0.3, 0.4) is 0 Å². The maximum absolute atomic E-state index is 13.1. The lowest BCUT2D eigenvalue weighted by atomic mass is 9.85. The fourth-order valence-electron chi connectivity index (χ4n) is 6.95. The van der Waals surface area contributed by atoms with Gasteiger partial charge in [0, 0.05) is 12.8 Å². The quantitative estimate of drug-likeness (QED) is 0.0203. The average molecular weight is 944 g/mol. The minimum atomic E-state index is -5.55. The van der Waals surface area contributed by atoms with Crippen molar-refractivity contribution in [2.75, 3.05) is 19.8 Å². The summed E-state index contributed by atoms with van der Waals surface area (Å²) in [5.41, 5.74) is 5.52. The van der Waals surface area contributed by atoms with E-state index in [1.165, 1.54) is 51.4 Å². The van der Waals surface area contributed by atoms with E-state index in [0.29, 0.717) is 19.4 Å². The SMILES string of the molecule is CCCCCCCCCCCCCCCC(=O)O[C@H](COC(=O)CCCCCCCCCCCCN)COP(=O)(O)OC1C(O)[C@H](OP(=O)(O)O)C(O)[C@H](OP(=O)(O)O)[C@@H]1O. The van der Waals surface area contributed by atoms with Crippen molar-refractivity contribution in [3.8, 4) is 0 Å². The van der Waals surface area contributed by atoms with Gasteiger partial charge in [-0.3, -0.25) is 27.7 Å². The van der Waals surface area contributed by atoms with Gasteiger partial charge in [-0.2, -0.15) is 0 Å². The molecule has 10 N–H and O–H groups in total. The van der Waals surface area contributed by atoms with Crippen LogP contribution in [-0.2, 0) is 50.9 Å². The van der Waals surface area contributed by atoms with Gasteiger partial charge < -0.3 is 55.0 Å². The monoisotopic (exact) mass is 943 g/mol. The first-order chi connectivity index (χ1) is 28.8. The Hall–Kier alpha value is -0.890. The van der Waals surface area contributed by atoms with Gasteiger partial charge in [-0.1, -0.05) is 135 Å². The lowest BCUT2D eigenvalue weighted by molar-refractivity contribution is -0.213. The molecule has 1 rings (SSSR count). The molecule has 362 valence electrons. The van der Waals surface area contributed by atoms with E-state index < -0.39 is 91.3 Å². The first-order valence-corrected chi connectivity index (χ1v) is 26.6. The number of carbonyl (C=O) groups is 2. The molecular formula is C38H76NO19P3. The Bertz CT molecular complexity index is 1280. The van der Waals surface area contributed by atoms with Crippen molar-refractivity contribution in [1.82, 2.24) is 0 Å². The van der Waals surface area contributed by atoms with Gasteiger partial charge in [0.1, 0.15) is 43.2 Å². The minimum absolute atomic E-state index is 0.00606. The maximum Gasteiger partial charge on any atom is 0.472 e. The Morgan fingerprint density at radius 1 is 0.508 bits per heavy atom.